The molecule has 1 aliphatic heterocycles. The molecule has 1 heterocycles. The second-order valence-electron chi connectivity index (χ2n) is 9.64. The summed E-state index contributed by atoms with van der Waals surface area (Å²) < 4.78 is 12.1. The van der Waals surface area contributed by atoms with Gasteiger partial charge < -0.3 is 19.7 Å². The third-order valence-corrected chi connectivity index (χ3v) is 6.39. The van der Waals surface area contributed by atoms with Crippen molar-refractivity contribution in [2.45, 2.75) is 46.2 Å². The van der Waals surface area contributed by atoms with Gasteiger partial charge in [0.1, 0.15) is 18.2 Å². The highest BCUT2D eigenvalue weighted by Crippen LogP contribution is 2.28. The van der Waals surface area contributed by atoms with Gasteiger partial charge >= 0.3 is 11.9 Å². The van der Waals surface area contributed by atoms with Crippen LogP contribution in [0.5, 0.6) is 0 Å². The molecule has 1 atom stereocenters. The van der Waals surface area contributed by atoms with Crippen LogP contribution in [0.1, 0.15) is 49.5 Å². The van der Waals surface area contributed by atoms with Crippen LogP contribution in [0, 0.1) is 5.92 Å². The van der Waals surface area contributed by atoms with E-state index in [-0.39, 0.29) is 30.9 Å². The normalized spacial score (nSPS) is 17.1. The van der Waals surface area contributed by atoms with Gasteiger partial charge in [0.2, 0.25) is 0 Å². The third-order valence-electron chi connectivity index (χ3n) is 6.39. The molecule has 1 aromatic carbocycles. The quantitative estimate of drug-likeness (QED) is 0.445. The van der Waals surface area contributed by atoms with Crippen LogP contribution in [0.3, 0.4) is 0 Å². The number of unbranched alkanes of at least 4 members (excludes halogenated alkanes) is 1. The molecule has 0 saturated carbocycles. The third kappa shape index (κ3) is 6.30. The minimum absolute atomic E-state index is 0.0130. The van der Waals surface area contributed by atoms with E-state index in [1.54, 1.807) is 48.4 Å². The maximum atomic E-state index is 13.6. The number of nitrogens with zero attached hydrogens (tertiary/aromatic N) is 3. The molecule has 1 aliphatic carbocycles. The van der Waals surface area contributed by atoms with Gasteiger partial charge in [-0.25, -0.2) is 4.79 Å². The van der Waals surface area contributed by atoms with E-state index in [0.29, 0.717) is 34.9 Å². The lowest BCUT2D eigenvalue weighted by molar-refractivity contribution is -0.429. The summed E-state index contributed by atoms with van der Waals surface area (Å²) in [5, 5.41) is 2.79. The number of hydrogen-bond acceptors (Lipinski definition) is 6. The molecule has 1 N–H and O–H groups in total. The Hall–Kier alpha value is -3.95. The second-order valence-corrected chi connectivity index (χ2v) is 9.64. The number of methoxy groups -OCH3 is 2. The Kier molecular flexibility index (Phi) is 9.44. The Labute approximate surface area is 223 Å². The molecule has 204 valence electrons. The van der Waals surface area contributed by atoms with E-state index in [2.05, 4.69) is 12.2 Å². The molecule has 0 radical (unpaired) electrons. The fraction of sp³-hybridized carbons (Fsp3) is 0.464. The molecular formula is C28H37N4O6+. The predicted molar refractivity (Wildman–Crippen MR) is 141 cm³/mol. The van der Waals surface area contributed by atoms with Crippen molar-refractivity contribution in [1.82, 2.24) is 15.1 Å². The van der Waals surface area contributed by atoms with Crippen LogP contribution in [-0.4, -0.2) is 84.2 Å². The predicted octanol–water partition coefficient (Wildman–Crippen LogP) is 2.69. The lowest BCUT2D eigenvalue weighted by Gasteiger charge is -2.28. The lowest BCUT2D eigenvalue weighted by atomic mass is 9.92. The van der Waals surface area contributed by atoms with Crippen LogP contribution in [-0.2, 0) is 25.6 Å². The topological polar surface area (TPSA) is 108 Å². The van der Waals surface area contributed by atoms with E-state index in [1.165, 1.54) is 18.8 Å². The second kappa shape index (κ2) is 12.5. The van der Waals surface area contributed by atoms with Gasteiger partial charge in [-0.05, 0) is 44.0 Å². The van der Waals surface area contributed by atoms with E-state index in [9.17, 15) is 19.2 Å². The average molecular weight is 526 g/mol. The number of urea groups is 1. The van der Waals surface area contributed by atoms with Gasteiger partial charge in [-0.2, -0.15) is 14.3 Å². The summed E-state index contributed by atoms with van der Waals surface area (Å²) >= 11 is 0. The van der Waals surface area contributed by atoms with E-state index >= 15 is 0 Å². The Morgan fingerprint density at radius 1 is 1.11 bits per heavy atom. The molecule has 0 aromatic heterocycles. The minimum Gasteiger partial charge on any atom is -0.493 e. The van der Waals surface area contributed by atoms with Crippen molar-refractivity contribution < 1.29 is 33.2 Å². The number of carbonyl (C=O) groups excluding carboxylic acids is 4. The molecule has 3 rings (SSSR count). The summed E-state index contributed by atoms with van der Waals surface area (Å²) in [6, 6.07) is 6.14. The van der Waals surface area contributed by atoms with Gasteiger partial charge in [-0.3, -0.25) is 9.59 Å². The average Bonchev–Trinajstić information content (AvgIpc) is 2.90. The standard InChI is InChI=1S/C28H36N4O6/c1-7-8-13-30(4)26(34)20-11-9-19(10-12-20)16-32-27(35)21-14-23(37-5)24(38-6)15-22(21)31(28(32)36)17-25(33)29-18(2)3/h9-12,14-15,18,21H,7-8,13,16-17H2,1-6H3/p+1. The molecule has 38 heavy (non-hydrogen) atoms. The van der Waals surface area contributed by atoms with Crippen LogP contribution in [0.4, 0.5) is 4.79 Å². The van der Waals surface area contributed by atoms with E-state index in [4.69, 9.17) is 9.47 Å². The van der Waals surface area contributed by atoms with Crippen molar-refractivity contribution in [2.24, 2.45) is 5.92 Å². The molecule has 0 spiro atoms. The lowest BCUT2D eigenvalue weighted by Crippen LogP contribution is -2.56. The number of imide groups is 1. The van der Waals surface area contributed by atoms with Gasteiger partial charge in [-0.15, -0.1) is 0 Å². The number of carbonyl (C=O) groups is 4. The van der Waals surface area contributed by atoms with Crippen molar-refractivity contribution in [3.63, 3.8) is 0 Å². The highest BCUT2D eigenvalue weighted by atomic mass is 16.5. The Balaban J connectivity index is 1.91. The van der Waals surface area contributed by atoms with Crippen molar-refractivity contribution in [1.29, 1.82) is 0 Å². The van der Waals surface area contributed by atoms with Gasteiger partial charge in [-0.1, -0.05) is 25.5 Å². The fourth-order valence-electron chi connectivity index (χ4n) is 4.37. The molecule has 5 amide bonds. The van der Waals surface area contributed by atoms with Crippen LogP contribution in [0.2, 0.25) is 0 Å². The smallest absolute Gasteiger partial charge is 0.493 e. The highest BCUT2D eigenvalue weighted by Gasteiger charge is 2.49. The number of amides is 5. The van der Waals surface area contributed by atoms with Gasteiger partial charge in [0.15, 0.2) is 18.1 Å². The van der Waals surface area contributed by atoms with Crippen LogP contribution >= 0.6 is 0 Å². The number of benzene rings is 1. The zero-order chi connectivity index (χ0) is 28.0. The molecular weight excluding hydrogens is 488 g/mol. The van der Waals surface area contributed by atoms with E-state index in [1.807, 2.05) is 13.8 Å². The summed E-state index contributed by atoms with van der Waals surface area (Å²) in [5.74, 6) is -0.987. The number of hydrogen-bond donors (Lipinski definition) is 1. The summed E-state index contributed by atoms with van der Waals surface area (Å²) in [6.07, 6.45) is 5.08. The zero-order valence-corrected chi connectivity index (χ0v) is 22.9. The number of fused-ring (bicyclic) bond motifs is 1. The SMILES string of the molecule is CCCCN(C)C(=O)c1ccc(CN2C(=O)C3C=C(OC)C(OC)=CC3=[N+](CC(=O)NC(C)C)C2=O)cc1. The number of ether oxygens (including phenoxy) is 2. The first-order valence-corrected chi connectivity index (χ1v) is 12.8. The summed E-state index contributed by atoms with van der Waals surface area (Å²) in [7, 11) is 4.70. The van der Waals surface area contributed by atoms with Crippen LogP contribution in [0.25, 0.3) is 0 Å². The molecule has 10 nitrogen and oxygen atoms in total. The van der Waals surface area contributed by atoms with Gasteiger partial charge in [0.25, 0.3) is 11.8 Å². The molecule has 0 bridgehead atoms. The van der Waals surface area contributed by atoms with Crippen molar-refractivity contribution >= 4 is 29.5 Å². The van der Waals surface area contributed by atoms with Gasteiger partial charge in [0, 0.05) is 31.3 Å². The first-order chi connectivity index (χ1) is 18.1. The first-order valence-electron chi connectivity index (χ1n) is 12.8. The minimum atomic E-state index is -0.832. The monoisotopic (exact) mass is 525 g/mol. The first kappa shape index (κ1) is 28.6. The largest absolute Gasteiger partial charge is 0.501 e. The molecule has 0 saturated heterocycles. The zero-order valence-electron chi connectivity index (χ0n) is 22.9. The Morgan fingerprint density at radius 3 is 2.34 bits per heavy atom. The molecule has 0 fully saturated rings. The molecule has 1 aromatic rings. The maximum Gasteiger partial charge on any atom is 0.501 e. The molecule has 2 aliphatic rings. The van der Waals surface area contributed by atoms with Crippen molar-refractivity contribution in [3.8, 4) is 0 Å². The van der Waals surface area contributed by atoms with Crippen molar-refractivity contribution in [2.75, 3.05) is 34.4 Å². The summed E-state index contributed by atoms with van der Waals surface area (Å²) in [4.78, 5) is 55.2. The number of rotatable bonds is 11. The van der Waals surface area contributed by atoms with Crippen molar-refractivity contribution in [3.05, 3.63) is 59.1 Å². The Morgan fingerprint density at radius 2 is 1.76 bits per heavy atom. The molecule has 1 unspecified atom stereocenters. The van der Waals surface area contributed by atoms with Crippen LogP contribution < -0.4 is 5.32 Å². The summed E-state index contributed by atoms with van der Waals surface area (Å²) in [5.41, 5.74) is 1.56. The van der Waals surface area contributed by atoms with Crippen LogP contribution in [0.15, 0.2) is 47.9 Å². The highest BCUT2D eigenvalue weighted by molar-refractivity contribution is 6.17. The number of allylic oxidation sites excluding steroid dienone is 1. The Bertz CT molecular complexity index is 1180. The maximum absolute atomic E-state index is 13.6. The van der Waals surface area contributed by atoms with E-state index in [0.717, 1.165) is 17.7 Å². The van der Waals surface area contributed by atoms with Gasteiger partial charge in [0.05, 0.1) is 14.2 Å². The van der Waals surface area contributed by atoms with E-state index < -0.39 is 17.9 Å². The number of nitrogens with one attached hydrogen (secondary N) is 1. The molecule has 10 heteroatoms. The fourth-order valence-corrected chi connectivity index (χ4v) is 4.37. The summed E-state index contributed by atoms with van der Waals surface area (Å²) in [6.45, 7) is 6.13.